The SMILES string of the molecule is C=C(OC)C(C)CC(C)CC. The summed E-state index contributed by atoms with van der Waals surface area (Å²) in [7, 11) is 1.69. The van der Waals surface area contributed by atoms with Crippen LogP contribution in [0, 0.1) is 11.8 Å². The van der Waals surface area contributed by atoms with E-state index in [9.17, 15) is 0 Å². The molecule has 0 saturated carbocycles. The molecule has 0 aromatic carbocycles. The minimum Gasteiger partial charge on any atom is -0.501 e. The van der Waals surface area contributed by atoms with Crippen molar-refractivity contribution in [2.24, 2.45) is 11.8 Å². The Kier molecular flexibility index (Phi) is 5.01. The first kappa shape index (κ1) is 10.5. The van der Waals surface area contributed by atoms with Crippen LogP contribution in [0.1, 0.15) is 33.6 Å². The maximum absolute atomic E-state index is 5.06. The van der Waals surface area contributed by atoms with Crippen LogP contribution >= 0.6 is 0 Å². The number of hydrogen-bond donors (Lipinski definition) is 0. The standard InChI is InChI=1S/C10H20O/c1-6-8(2)7-9(3)10(4)11-5/h8-9H,4,6-7H2,1-3,5H3. The van der Waals surface area contributed by atoms with Crippen molar-refractivity contribution in [3.8, 4) is 0 Å². The van der Waals surface area contributed by atoms with E-state index in [4.69, 9.17) is 4.74 Å². The second-order valence-corrected chi connectivity index (χ2v) is 3.32. The van der Waals surface area contributed by atoms with Crippen LogP contribution in [0.5, 0.6) is 0 Å². The highest BCUT2D eigenvalue weighted by atomic mass is 16.5. The molecule has 0 heterocycles. The molecule has 0 rings (SSSR count). The van der Waals surface area contributed by atoms with Crippen molar-refractivity contribution >= 4 is 0 Å². The molecule has 0 aliphatic rings. The lowest BCUT2D eigenvalue weighted by atomic mass is 9.94. The maximum atomic E-state index is 5.06. The molecule has 0 aliphatic heterocycles. The van der Waals surface area contributed by atoms with Gasteiger partial charge in [-0.2, -0.15) is 0 Å². The quantitative estimate of drug-likeness (QED) is 0.555. The Morgan fingerprint density at radius 3 is 2.36 bits per heavy atom. The summed E-state index contributed by atoms with van der Waals surface area (Å²) in [5.74, 6) is 2.18. The number of hydrogen-bond acceptors (Lipinski definition) is 1. The molecule has 2 atom stereocenters. The van der Waals surface area contributed by atoms with E-state index in [-0.39, 0.29) is 0 Å². The average Bonchev–Trinajstić information content (AvgIpc) is 2.02. The van der Waals surface area contributed by atoms with Crippen LogP contribution in [0.4, 0.5) is 0 Å². The Labute approximate surface area is 70.4 Å². The summed E-state index contributed by atoms with van der Waals surface area (Å²) >= 11 is 0. The van der Waals surface area contributed by atoms with Gasteiger partial charge in [0.2, 0.25) is 0 Å². The summed E-state index contributed by atoms with van der Waals surface area (Å²) in [5, 5.41) is 0. The largest absolute Gasteiger partial charge is 0.501 e. The minimum atomic E-state index is 0.495. The Balaban J connectivity index is 3.67. The van der Waals surface area contributed by atoms with Gasteiger partial charge in [-0.05, 0) is 12.3 Å². The van der Waals surface area contributed by atoms with Gasteiger partial charge in [-0.1, -0.05) is 33.8 Å². The Morgan fingerprint density at radius 1 is 1.45 bits per heavy atom. The molecule has 0 aromatic rings. The zero-order chi connectivity index (χ0) is 8.85. The summed E-state index contributed by atoms with van der Waals surface area (Å²) in [6.45, 7) is 10.5. The number of ether oxygens (including phenoxy) is 1. The molecule has 0 N–H and O–H groups in total. The monoisotopic (exact) mass is 156 g/mol. The molecule has 0 aliphatic carbocycles. The average molecular weight is 156 g/mol. The molecule has 11 heavy (non-hydrogen) atoms. The van der Waals surface area contributed by atoms with Gasteiger partial charge < -0.3 is 4.74 Å². The highest BCUT2D eigenvalue weighted by molar-refractivity contribution is 4.88. The van der Waals surface area contributed by atoms with E-state index in [2.05, 4.69) is 27.4 Å². The highest BCUT2D eigenvalue weighted by Crippen LogP contribution is 2.20. The van der Waals surface area contributed by atoms with E-state index in [1.165, 1.54) is 12.8 Å². The van der Waals surface area contributed by atoms with Crippen LogP contribution < -0.4 is 0 Å². The molecule has 0 fully saturated rings. The molecular weight excluding hydrogens is 136 g/mol. The summed E-state index contributed by atoms with van der Waals surface area (Å²) in [6, 6.07) is 0. The lowest BCUT2D eigenvalue weighted by molar-refractivity contribution is 0.233. The molecule has 1 nitrogen and oxygen atoms in total. The second kappa shape index (κ2) is 5.22. The molecule has 0 bridgehead atoms. The van der Waals surface area contributed by atoms with Crippen molar-refractivity contribution in [1.82, 2.24) is 0 Å². The zero-order valence-corrected chi connectivity index (χ0v) is 8.18. The third kappa shape index (κ3) is 4.07. The van der Waals surface area contributed by atoms with Crippen molar-refractivity contribution < 1.29 is 4.74 Å². The van der Waals surface area contributed by atoms with E-state index < -0.39 is 0 Å². The Hall–Kier alpha value is -0.460. The lowest BCUT2D eigenvalue weighted by Gasteiger charge is -2.16. The summed E-state index contributed by atoms with van der Waals surface area (Å²) in [4.78, 5) is 0. The van der Waals surface area contributed by atoms with Crippen LogP contribution in [0.25, 0.3) is 0 Å². The van der Waals surface area contributed by atoms with Crippen molar-refractivity contribution in [1.29, 1.82) is 0 Å². The van der Waals surface area contributed by atoms with Crippen LogP contribution in [-0.4, -0.2) is 7.11 Å². The molecule has 0 radical (unpaired) electrons. The normalized spacial score (nSPS) is 15.6. The van der Waals surface area contributed by atoms with E-state index in [1.807, 2.05) is 0 Å². The minimum absolute atomic E-state index is 0.495. The van der Waals surface area contributed by atoms with Crippen LogP contribution in [0.3, 0.4) is 0 Å². The van der Waals surface area contributed by atoms with E-state index in [1.54, 1.807) is 7.11 Å². The maximum Gasteiger partial charge on any atom is 0.0912 e. The van der Waals surface area contributed by atoms with Crippen molar-refractivity contribution in [3.63, 3.8) is 0 Å². The third-order valence-electron chi connectivity index (χ3n) is 2.26. The molecule has 66 valence electrons. The fourth-order valence-electron chi connectivity index (χ4n) is 1.10. The molecule has 0 saturated heterocycles. The van der Waals surface area contributed by atoms with E-state index in [0.29, 0.717) is 5.92 Å². The molecular formula is C10H20O. The number of rotatable bonds is 5. The van der Waals surface area contributed by atoms with Gasteiger partial charge in [-0.25, -0.2) is 0 Å². The molecule has 0 spiro atoms. The fraction of sp³-hybridized carbons (Fsp3) is 0.800. The van der Waals surface area contributed by atoms with Gasteiger partial charge in [0.05, 0.1) is 12.9 Å². The summed E-state index contributed by atoms with van der Waals surface area (Å²) in [5.41, 5.74) is 0. The van der Waals surface area contributed by atoms with Gasteiger partial charge >= 0.3 is 0 Å². The van der Waals surface area contributed by atoms with Gasteiger partial charge in [0.25, 0.3) is 0 Å². The van der Waals surface area contributed by atoms with Crippen LogP contribution in [-0.2, 0) is 4.74 Å². The zero-order valence-electron chi connectivity index (χ0n) is 8.18. The van der Waals surface area contributed by atoms with Crippen LogP contribution in [0.15, 0.2) is 12.3 Å². The first-order valence-electron chi connectivity index (χ1n) is 4.34. The predicted molar refractivity (Wildman–Crippen MR) is 49.4 cm³/mol. The smallest absolute Gasteiger partial charge is 0.0912 e. The Bertz CT molecular complexity index is 118. The molecule has 0 aromatic heterocycles. The fourth-order valence-corrected chi connectivity index (χ4v) is 1.10. The summed E-state index contributed by atoms with van der Waals surface area (Å²) < 4.78 is 5.06. The topological polar surface area (TPSA) is 9.23 Å². The lowest BCUT2D eigenvalue weighted by Crippen LogP contribution is -2.05. The summed E-state index contributed by atoms with van der Waals surface area (Å²) in [6.07, 6.45) is 2.42. The molecule has 0 amide bonds. The van der Waals surface area contributed by atoms with Crippen LogP contribution in [0.2, 0.25) is 0 Å². The number of methoxy groups -OCH3 is 1. The van der Waals surface area contributed by atoms with Crippen molar-refractivity contribution in [3.05, 3.63) is 12.3 Å². The van der Waals surface area contributed by atoms with Gasteiger partial charge in [0.15, 0.2) is 0 Å². The second-order valence-electron chi connectivity index (χ2n) is 3.32. The predicted octanol–water partition coefficient (Wildman–Crippen LogP) is 3.22. The van der Waals surface area contributed by atoms with E-state index in [0.717, 1.165) is 11.7 Å². The molecule has 2 unspecified atom stereocenters. The van der Waals surface area contributed by atoms with Crippen molar-refractivity contribution in [2.75, 3.05) is 7.11 Å². The van der Waals surface area contributed by atoms with Gasteiger partial charge in [-0.3, -0.25) is 0 Å². The first-order chi connectivity index (χ1) is 5.11. The van der Waals surface area contributed by atoms with E-state index >= 15 is 0 Å². The number of allylic oxidation sites excluding steroid dienone is 1. The van der Waals surface area contributed by atoms with Gasteiger partial charge in [0.1, 0.15) is 0 Å². The molecule has 1 heteroatoms. The third-order valence-corrected chi connectivity index (χ3v) is 2.26. The Morgan fingerprint density at radius 2 is 2.00 bits per heavy atom. The van der Waals surface area contributed by atoms with Crippen molar-refractivity contribution in [2.45, 2.75) is 33.6 Å². The first-order valence-corrected chi connectivity index (χ1v) is 4.34. The highest BCUT2D eigenvalue weighted by Gasteiger charge is 2.10. The van der Waals surface area contributed by atoms with Gasteiger partial charge in [-0.15, -0.1) is 0 Å². The van der Waals surface area contributed by atoms with Gasteiger partial charge in [0, 0.05) is 5.92 Å².